The van der Waals surface area contributed by atoms with Gasteiger partial charge in [0.2, 0.25) is 40.4 Å². The fourth-order valence-electron chi connectivity index (χ4n) is 5.35. The van der Waals surface area contributed by atoms with Crippen LogP contribution in [-0.4, -0.2) is 139 Å². The van der Waals surface area contributed by atoms with Gasteiger partial charge in [-0.2, -0.15) is 9.97 Å². The molecule has 4 atom stereocenters. The van der Waals surface area contributed by atoms with E-state index in [1.807, 2.05) is 0 Å². The topological polar surface area (TPSA) is 337 Å². The summed E-state index contributed by atoms with van der Waals surface area (Å²) in [5.74, 6) is -6.01. The van der Waals surface area contributed by atoms with Gasteiger partial charge in [-0.25, -0.2) is 55.8 Å². The number of ether oxygens (including phenoxy) is 9. The number of nitrogens with zero attached hydrogens (tertiary/aromatic N) is 4. The Kier molecular flexibility index (Phi) is 19.7. The average Bonchev–Trinajstić information content (AvgIpc) is 3.72. The van der Waals surface area contributed by atoms with E-state index < -0.39 is 146 Å². The van der Waals surface area contributed by atoms with Crippen LogP contribution in [-0.2, 0) is 74.4 Å². The number of hydrogen-bond acceptors (Lipinski definition) is 27. The summed E-state index contributed by atoms with van der Waals surface area (Å²) >= 11 is 0. The molecule has 3 heterocycles. The smallest absolute Gasteiger partial charge is 0.432 e. The van der Waals surface area contributed by atoms with Crippen molar-refractivity contribution >= 4 is 57.4 Å². The zero-order valence-electron chi connectivity index (χ0n) is 39.4. The molecule has 0 unspecified atom stereocenters. The number of halogens is 1. The second-order valence-electron chi connectivity index (χ2n) is 14.6. The molecule has 3 N–H and O–H groups in total. The van der Waals surface area contributed by atoms with Crippen LogP contribution in [0, 0.1) is 5.92 Å². The van der Waals surface area contributed by atoms with E-state index in [0.717, 1.165) is 17.8 Å². The maximum atomic E-state index is 17.4. The van der Waals surface area contributed by atoms with Gasteiger partial charge in [-0.1, -0.05) is 0 Å². The van der Waals surface area contributed by atoms with E-state index in [2.05, 4.69) is 25.4 Å². The van der Waals surface area contributed by atoms with Crippen molar-refractivity contribution in [1.82, 2.24) is 19.5 Å². The summed E-state index contributed by atoms with van der Waals surface area (Å²) in [6, 6.07) is 0. The number of carbonyl (C=O) groups excluding carboxylic acids is 4. The number of hydrogen-bond donors (Lipinski definition) is 3. The molecule has 2 aromatic rings. The van der Waals surface area contributed by atoms with E-state index in [4.69, 9.17) is 72.6 Å². The molecule has 1 aliphatic heterocycles. The summed E-state index contributed by atoms with van der Waals surface area (Å²) < 4.78 is 136. The number of aromatic nitrogens is 4. The molecule has 1 fully saturated rings. The first kappa shape index (κ1) is 52.3. The SMILES string of the molecule is [3H]CCNc1nc(OP(=O)(OCOC(=O)OC(C)C)OCOC(=O)OC(C)C)c2ncn([C@@H]3O[C@](F)(COP(=O)(OCOC(=O)OC(C)C)OCOC(=O)OC(C)C)[C@@H](CCO[3H])[C@@]3(C)O)c2n1. The third-order valence-electron chi connectivity index (χ3n) is 7.86. The molecule has 1 aliphatic rings. The molecule has 0 aliphatic carbocycles. The van der Waals surface area contributed by atoms with Gasteiger partial charge in [0.25, 0.3) is 5.88 Å². The first-order chi connectivity index (χ1) is 31.9. The number of phosphoric ester groups is 2. The summed E-state index contributed by atoms with van der Waals surface area (Å²) in [7, 11) is -10.2. The first-order valence-electron chi connectivity index (χ1n) is 20.9. The number of alkyl halides is 1. The number of fused-ring (bicyclic) bond motifs is 1. The fourth-order valence-corrected chi connectivity index (χ4v) is 7.15. The lowest BCUT2D eigenvalue weighted by molar-refractivity contribution is -0.195. The highest BCUT2D eigenvalue weighted by Crippen LogP contribution is 2.56. The van der Waals surface area contributed by atoms with Gasteiger partial charge in [0.1, 0.15) is 12.2 Å². The lowest BCUT2D eigenvalue weighted by Crippen LogP contribution is -2.44. The number of nitrogens with one attached hydrogen (secondary N) is 1. The van der Waals surface area contributed by atoms with E-state index in [1.54, 1.807) is 0 Å². The first-order valence-corrected chi connectivity index (χ1v) is 22.7. The Morgan fingerprint density at radius 2 is 1.29 bits per heavy atom. The molecule has 0 aromatic carbocycles. The molecule has 0 radical (unpaired) electrons. The molecule has 0 amide bonds. The number of imidazole rings is 1. The number of aliphatic hydroxyl groups is 2. The molecule has 31 heteroatoms. The van der Waals surface area contributed by atoms with Crippen molar-refractivity contribution in [2.45, 2.75) is 118 Å². The van der Waals surface area contributed by atoms with Gasteiger partial charge in [-0.3, -0.25) is 9.09 Å². The van der Waals surface area contributed by atoms with Gasteiger partial charge < -0.3 is 62.7 Å². The van der Waals surface area contributed by atoms with E-state index in [0.29, 0.717) is 0 Å². The van der Waals surface area contributed by atoms with Crippen LogP contribution >= 0.6 is 15.6 Å². The standard InChI is InChI=1S/C35H56FN5O23P2/c1-11-37-29-39-26-25(27(40-29)64-66(49,57-18-52-32(45)61-22(6)7)58-19-53-33(46)62-23(8)9)38-15-41(26)28-34(10,47)24(12-13-42)35(36,63-28)14-54-65(48,55-16-50-30(43)59-20(2)3)56-17-51-31(44)60-21(4)5/h15,20-24,28,42,47H,11-14,16-19H2,1-10H3,(H,37,39,40)/t24-,28+,34+,35+/m0/s1/i1T,42T. The quantitative estimate of drug-likeness (QED) is 0.0402. The fraction of sp³-hybridized carbons (Fsp3) is 0.743. The zero-order valence-corrected chi connectivity index (χ0v) is 39.2. The minimum atomic E-state index is -5.13. The van der Waals surface area contributed by atoms with E-state index in [9.17, 15) is 33.4 Å². The minimum Gasteiger partial charge on any atom is -0.432 e. The van der Waals surface area contributed by atoms with E-state index >= 15 is 4.39 Å². The van der Waals surface area contributed by atoms with Crippen molar-refractivity contribution in [1.29, 1.82) is 1.43 Å². The highest BCUT2D eigenvalue weighted by Gasteiger charge is 2.63. The monoisotopic (exact) mass is 999 g/mol. The Balaban J connectivity index is 2.05. The Labute approximate surface area is 380 Å². The summed E-state index contributed by atoms with van der Waals surface area (Å²) in [6.07, 6.45) is -8.89. The summed E-state index contributed by atoms with van der Waals surface area (Å²) in [4.78, 5) is 60.6. The van der Waals surface area contributed by atoms with Crippen molar-refractivity contribution in [3.63, 3.8) is 0 Å². The summed E-state index contributed by atoms with van der Waals surface area (Å²) in [5, 5.41) is 19.2. The number of phosphoric acid groups is 2. The molecule has 0 saturated carbocycles. The molecule has 28 nitrogen and oxygen atoms in total. The van der Waals surface area contributed by atoms with Crippen LogP contribution in [0.4, 0.5) is 29.5 Å². The highest BCUT2D eigenvalue weighted by atomic mass is 31.2. The third-order valence-corrected chi connectivity index (χ3v) is 10.4. The Hall–Kier alpha value is -4.70. The zero-order chi connectivity index (χ0) is 50.9. The van der Waals surface area contributed by atoms with Gasteiger partial charge >= 0.3 is 40.3 Å². The number of anilines is 1. The molecule has 0 spiro atoms. The molecule has 376 valence electrons. The number of rotatable bonds is 27. The Morgan fingerprint density at radius 3 is 1.73 bits per heavy atom. The Morgan fingerprint density at radius 1 is 0.818 bits per heavy atom. The lowest BCUT2D eigenvalue weighted by Gasteiger charge is -2.31. The van der Waals surface area contributed by atoms with E-state index in [-0.39, 0.29) is 25.0 Å². The number of aliphatic hydroxyl groups excluding tert-OH is 1. The maximum Gasteiger partial charge on any atom is 0.537 e. The van der Waals surface area contributed by atoms with Crippen LogP contribution in [0.1, 0.15) is 83.2 Å². The van der Waals surface area contributed by atoms with Crippen LogP contribution in [0.3, 0.4) is 0 Å². The van der Waals surface area contributed by atoms with Gasteiger partial charge in [0.15, 0.2) is 17.4 Å². The maximum absolute atomic E-state index is 17.4. The summed E-state index contributed by atoms with van der Waals surface area (Å²) in [5.41, 5.74) is -3.11. The highest BCUT2D eigenvalue weighted by molar-refractivity contribution is 7.49. The van der Waals surface area contributed by atoms with E-state index in [1.165, 1.54) is 55.4 Å². The second-order valence-corrected chi connectivity index (χ2v) is 17.9. The van der Waals surface area contributed by atoms with Crippen LogP contribution in [0.25, 0.3) is 11.2 Å². The van der Waals surface area contributed by atoms with Crippen LogP contribution in [0.2, 0.25) is 0 Å². The van der Waals surface area contributed by atoms with Gasteiger partial charge in [-0.05, 0) is 75.6 Å². The Bertz CT molecular complexity index is 2010. The van der Waals surface area contributed by atoms with Crippen molar-refractivity contribution in [3.05, 3.63) is 6.33 Å². The van der Waals surface area contributed by atoms with Gasteiger partial charge in [0, 0.05) is 14.5 Å². The van der Waals surface area contributed by atoms with Crippen molar-refractivity contribution in [2.24, 2.45) is 5.92 Å². The number of carbonyl (C=O) groups is 4. The molecule has 2 aromatic heterocycles. The van der Waals surface area contributed by atoms with Crippen molar-refractivity contribution < 1.29 is 114 Å². The molecule has 3 rings (SSSR count). The molecule has 1 saturated heterocycles. The second kappa shape index (κ2) is 24.9. The van der Waals surface area contributed by atoms with Crippen LogP contribution in [0.15, 0.2) is 6.33 Å². The largest absolute Gasteiger partial charge is 0.537 e. The van der Waals surface area contributed by atoms with Crippen molar-refractivity contribution in [3.8, 4) is 5.88 Å². The predicted molar refractivity (Wildman–Crippen MR) is 216 cm³/mol. The molecule has 0 bridgehead atoms. The lowest BCUT2D eigenvalue weighted by atomic mass is 9.83. The summed E-state index contributed by atoms with van der Waals surface area (Å²) in [6.45, 7) is 6.46. The van der Waals surface area contributed by atoms with Crippen LogP contribution < -0.4 is 9.84 Å². The average molecular weight is 1000 g/mol. The van der Waals surface area contributed by atoms with Gasteiger partial charge in [0.05, 0.1) is 36.7 Å². The normalized spacial score (nSPS) is 20.2. The van der Waals surface area contributed by atoms with Gasteiger partial charge in [-0.15, -0.1) is 0 Å². The minimum absolute atomic E-state index is 0.0861. The predicted octanol–water partition coefficient (Wildman–Crippen LogP) is 5.96. The third kappa shape index (κ3) is 16.9. The molecule has 66 heavy (non-hydrogen) atoms. The molecular formula is C35H56FN5O23P2. The molecular weight excluding hydrogens is 939 g/mol. The van der Waals surface area contributed by atoms with Crippen molar-refractivity contribution in [2.75, 3.05) is 52.2 Å². The van der Waals surface area contributed by atoms with Crippen LogP contribution in [0.5, 0.6) is 5.88 Å².